The third kappa shape index (κ3) is 5.49. The van der Waals surface area contributed by atoms with Gasteiger partial charge in [0.05, 0.1) is 6.61 Å². The molecule has 0 aliphatic rings. The Bertz CT molecular complexity index is 589. The van der Waals surface area contributed by atoms with Gasteiger partial charge in [-0.15, -0.1) is 21.8 Å². The number of nitrogens with one attached hydrogen (secondary N) is 1. The first-order chi connectivity index (χ1) is 10.2. The lowest BCUT2D eigenvalue weighted by molar-refractivity contribution is -0.113. The highest BCUT2D eigenvalue weighted by Gasteiger charge is 2.07. The van der Waals surface area contributed by atoms with E-state index in [1.54, 1.807) is 12.1 Å². The Kier molecular flexibility index (Phi) is 6.22. The number of carbonyl (C=O) groups is 1. The fraction of sp³-hybridized carbons (Fsp3) is 0.308. The summed E-state index contributed by atoms with van der Waals surface area (Å²) in [6, 6.07) is 7.22. The lowest BCUT2D eigenvalue weighted by atomic mass is 10.3. The number of alkyl halides is 1. The monoisotopic (exact) mass is 345 g/mol. The Morgan fingerprint density at radius 2 is 2.05 bits per heavy atom. The molecule has 0 saturated heterocycles. The van der Waals surface area contributed by atoms with Gasteiger partial charge < -0.3 is 4.74 Å². The molecule has 1 aromatic heterocycles. The van der Waals surface area contributed by atoms with Crippen molar-refractivity contribution in [2.45, 2.75) is 12.8 Å². The summed E-state index contributed by atoms with van der Waals surface area (Å²) in [4.78, 5) is 11.1. The summed E-state index contributed by atoms with van der Waals surface area (Å²) in [5.74, 6) is 0.404. The summed E-state index contributed by atoms with van der Waals surface area (Å²) in [7, 11) is 0. The minimum Gasteiger partial charge on any atom is -0.494 e. The lowest BCUT2D eigenvalue weighted by Gasteiger charge is -2.04. The molecule has 0 atom stereocenters. The molecule has 21 heavy (non-hydrogen) atoms. The van der Waals surface area contributed by atoms with Gasteiger partial charge in [0.25, 0.3) is 0 Å². The molecule has 2 rings (SSSR count). The lowest BCUT2D eigenvalue weighted by Crippen LogP contribution is -2.12. The number of rotatable bonds is 7. The standard InChI is InChI=1S/C13H13Cl2N3O2S/c14-8-11(19)16-13-18-17-12(21-13)2-1-7-20-10-5-3-9(15)4-6-10/h3-6H,1-2,7-8H2,(H,16,18,19). The van der Waals surface area contributed by atoms with Gasteiger partial charge >= 0.3 is 0 Å². The average molecular weight is 346 g/mol. The number of anilines is 1. The fourth-order valence-electron chi connectivity index (χ4n) is 1.50. The normalized spacial score (nSPS) is 10.4. The molecule has 1 amide bonds. The Labute approximate surface area is 136 Å². The maximum absolute atomic E-state index is 11.1. The highest BCUT2D eigenvalue weighted by Crippen LogP contribution is 2.18. The van der Waals surface area contributed by atoms with Crippen molar-refractivity contribution >= 4 is 45.6 Å². The summed E-state index contributed by atoms with van der Waals surface area (Å²) in [5, 5.41) is 12.4. The highest BCUT2D eigenvalue weighted by molar-refractivity contribution is 7.15. The quantitative estimate of drug-likeness (QED) is 0.617. The van der Waals surface area contributed by atoms with Gasteiger partial charge in [0, 0.05) is 11.4 Å². The molecule has 0 spiro atoms. The second-order valence-corrected chi connectivity index (χ2v) is 5.85. The first-order valence-corrected chi connectivity index (χ1v) is 7.97. The van der Waals surface area contributed by atoms with E-state index in [0.717, 1.165) is 23.6 Å². The van der Waals surface area contributed by atoms with Crippen molar-refractivity contribution in [2.75, 3.05) is 17.8 Å². The van der Waals surface area contributed by atoms with Crippen LogP contribution in [0.5, 0.6) is 5.75 Å². The van der Waals surface area contributed by atoms with Crippen LogP contribution in [0.4, 0.5) is 5.13 Å². The van der Waals surface area contributed by atoms with E-state index >= 15 is 0 Å². The molecule has 0 bridgehead atoms. The number of nitrogens with zero attached hydrogens (tertiary/aromatic N) is 2. The van der Waals surface area contributed by atoms with Crippen LogP contribution in [-0.4, -0.2) is 28.6 Å². The van der Waals surface area contributed by atoms with Crippen molar-refractivity contribution in [1.29, 1.82) is 0 Å². The molecule has 0 aliphatic heterocycles. The predicted octanol–water partition coefficient (Wildman–Crippen LogP) is 3.38. The summed E-state index contributed by atoms with van der Waals surface area (Å²) < 4.78 is 5.58. The Morgan fingerprint density at radius 1 is 1.29 bits per heavy atom. The van der Waals surface area contributed by atoms with Crippen LogP contribution in [0.3, 0.4) is 0 Å². The number of hydrogen-bond donors (Lipinski definition) is 1. The molecule has 0 unspecified atom stereocenters. The zero-order chi connectivity index (χ0) is 15.1. The maximum Gasteiger partial charge on any atom is 0.241 e. The van der Waals surface area contributed by atoms with Crippen LogP contribution >= 0.6 is 34.5 Å². The molecule has 1 aromatic carbocycles. The molecule has 5 nitrogen and oxygen atoms in total. The van der Waals surface area contributed by atoms with Gasteiger partial charge in [-0.1, -0.05) is 22.9 Å². The van der Waals surface area contributed by atoms with E-state index in [0.29, 0.717) is 16.8 Å². The summed E-state index contributed by atoms with van der Waals surface area (Å²) in [5.41, 5.74) is 0. The van der Waals surface area contributed by atoms with E-state index < -0.39 is 0 Å². The smallest absolute Gasteiger partial charge is 0.241 e. The average Bonchev–Trinajstić information content (AvgIpc) is 2.93. The van der Waals surface area contributed by atoms with Crippen molar-refractivity contribution in [3.05, 3.63) is 34.3 Å². The van der Waals surface area contributed by atoms with Crippen LogP contribution in [0.15, 0.2) is 24.3 Å². The van der Waals surface area contributed by atoms with Crippen molar-refractivity contribution in [3.63, 3.8) is 0 Å². The summed E-state index contributed by atoms with van der Waals surface area (Å²) >= 11 is 12.5. The maximum atomic E-state index is 11.1. The molecular formula is C13H13Cl2N3O2S. The summed E-state index contributed by atoms with van der Waals surface area (Å²) in [6.07, 6.45) is 1.54. The number of aromatic nitrogens is 2. The van der Waals surface area contributed by atoms with Gasteiger partial charge in [-0.25, -0.2) is 0 Å². The number of ether oxygens (including phenoxy) is 1. The molecular weight excluding hydrogens is 333 g/mol. The van der Waals surface area contributed by atoms with E-state index in [4.69, 9.17) is 27.9 Å². The zero-order valence-corrected chi connectivity index (χ0v) is 13.3. The van der Waals surface area contributed by atoms with Crippen LogP contribution in [-0.2, 0) is 11.2 Å². The van der Waals surface area contributed by atoms with Gasteiger partial charge in [-0.3, -0.25) is 10.1 Å². The molecule has 0 radical (unpaired) electrons. The van der Waals surface area contributed by atoms with E-state index in [1.807, 2.05) is 12.1 Å². The topological polar surface area (TPSA) is 64.1 Å². The van der Waals surface area contributed by atoms with Gasteiger partial charge in [0.2, 0.25) is 11.0 Å². The second kappa shape index (κ2) is 8.17. The van der Waals surface area contributed by atoms with E-state index in [9.17, 15) is 4.79 Å². The van der Waals surface area contributed by atoms with Crippen LogP contribution in [0.25, 0.3) is 0 Å². The summed E-state index contributed by atoms with van der Waals surface area (Å²) in [6.45, 7) is 0.574. The van der Waals surface area contributed by atoms with Gasteiger partial charge in [0.1, 0.15) is 16.6 Å². The Balaban J connectivity index is 1.71. The highest BCUT2D eigenvalue weighted by atomic mass is 35.5. The largest absolute Gasteiger partial charge is 0.494 e. The minimum absolute atomic E-state index is 0.0934. The molecule has 0 aliphatic carbocycles. The number of amides is 1. The van der Waals surface area contributed by atoms with Crippen molar-refractivity contribution in [1.82, 2.24) is 10.2 Å². The van der Waals surface area contributed by atoms with Crippen molar-refractivity contribution < 1.29 is 9.53 Å². The number of aryl methyl sites for hydroxylation is 1. The van der Waals surface area contributed by atoms with Crippen LogP contribution in [0.1, 0.15) is 11.4 Å². The Hall–Kier alpha value is -1.37. The molecule has 2 aromatic rings. The minimum atomic E-state index is -0.287. The first-order valence-electron chi connectivity index (χ1n) is 6.24. The van der Waals surface area contributed by atoms with Crippen molar-refractivity contribution in [2.24, 2.45) is 0 Å². The van der Waals surface area contributed by atoms with Gasteiger partial charge in [0.15, 0.2) is 0 Å². The predicted molar refractivity (Wildman–Crippen MR) is 84.5 cm³/mol. The second-order valence-electron chi connectivity index (χ2n) is 4.09. The van der Waals surface area contributed by atoms with Crippen molar-refractivity contribution in [3.8, 4) is 5.75 Å². The van der Waals surface area contributed by atoms with E-state index in [-0.39, 0.29) is 11.8 Å². The van der Waals surface area contributed by atoms with Gasteiger partial charge in [-0.05, 0) is 30.7 Å². The number of halogens is 2. The fourth-order valence-corrected chi connectivity index (χ4v) is 2.49. The Morgan fingerprint density at radius 3 is 2.76 bits per heavy atom. The van der Waals surface area contributed by atoms with Gasteiger partial charge in [-0.2, -0.15) is 0 Å². The SMILES string of the molecule is O=C(CCl)Nc1nnc(CCCOc2ccc(Cl)cc2)s1. The molecule has 1 N–H and O–H groups in total. The van der Waals surface area contributed by atoms with E-state index in [2.05, 4.69) is 15.5 Å². The first kappa shape index (κ1) is 16.0. The molecule has 112 valence electrons. The number of benzene rings is 1. The van der Waals surface area contributed by atoms with Crippen LogP contribution in [0.2, 0.25) is 5.02 Å². The van der Waals surface area contributed by atoms with Crippen LogP contribution in [0, 0.1) is 0 Å². The third-order valence-corrected chi connectivity index (χ3v) is 3.85. The number of carbonyl (C=O) groups excluding carboxylic acids is 1. The molecule has 8 heteroatoms. The van der Waals surface area contributed by atoms with E-state index in [1.165, 1.54) is 11.3 Å². The number of hydrogen-bond acceptors (Lipinski definition) is 5. The molecule has 0 fully saturated rings. The molecule has 0 saturated carbocycles. The molecule has 1 heterocycles. The van der Waals surface area contributed by atoms with Crippen LogP contribution < -0.4 is 10.1 Å². The third-order valence-electron chi connectivity index (χ3n) is 2.45. The zero-order valence-electron chi connectivity index (χ0n) is 11.0.